The standard InChI is InChI=1S/C19H19N3O3S/c1-21(2)19(24)25-17-18(23)22(3)15-10-9-13(26)11-14(15)16(20-17)12-7-5-4-6-8-12/h4-11,17,26H,1-3H3. The fourth-order valence-electron chi connectivity index (χ4n) is 2.64. The van der Waals surface area contributed by atoms with Gasteiger partial charge >= 0.3 is 6.09 Å². The number of fused-ring (bicyclic) bond motifs is 1. The lowest BCUT2D eigenvalue weighted by Gasteiger charge is -2.21. The highest BCUT2D eigenvalue weighted by atomic mass is 32.1. The fraction of sp³-hybridized carbons (Fsp3) is 0.211. The van der Waals surface area contributed by atoms with E-state index in [0.717, 1.165) is 16.0 Å². The molecule has 0 aliphatic carbocycles. The van der Waals surface area contributed by atoms with Crippen LogP contribution in [0.3, 0.4) is 0 Å². The van der Waals surface area contributed by atoms with Gasteiger partial charge in [0.05, 0.1) is 11.4 Å². The second kappa shape index (κ2) is 7.21. The number of hydrogen-bond donors (Lipinski definition) is 1. The summed E-state index contributed by atoms with van der Waals surface area (Å²) in [5, 5.41) is 0. The minimum atomic E-state index is -1.26. The summed E-state index contributed by atoms with van der Waals surface area (Å²) < 4.78 is 5.32. The Morgan fingerprint density at radius 1 is 1.19 bits per heavy atom. The van der Waals surface area contributed by atoms with E-state index in [-0.39, 0.29) is 0 Å². The number of ether oxygens (including phenoxy) is 1. The van der Waals surface area contributed by atoms with Gasteiger partial charge in [0.1, 0.15) is 0 Å². The summed E-state index contributed by atoms with van der Waals surface area (Å²) >= 11 is 4.41. The summed E-state index contributed by atoms with van der Waals surface area (Å²) in [6.45, 7) is 0. The monoisotopic (exact) mass is 369 g/mol. The molecule has 0 N–H and O–H groups in total. The minimum Gasteiger partial charge on any atom is -0.414 e. The van der Waals surface area contributed by atoms with Crippen LogP contribution in [0.4, 0.5) is 10.5 Å². The summed E-state index contributed by atoms with van der Waals surface area (Å²) in [6, 6.07) is 14.9. The largest absolute Gasteiger partial charge is 0.414 e. The molecule has 2 aromatic rings. The van der Waals surface area contributed by atoms with Gasteiger partial charge in [0, 0.05) is 37.2 Å². The molecular weight excluding hydrogens is 350 g/mol. The van der Waals surface area contributed by atoms with Crippen molar-refractivity contribution in [2.45, 2.75) is 11.1 Å². The van der Waals surface area contributed by atoms with E-state index in [1.807, 2.05) is 42.5 Å². The molecule has 1 unspecified atom stereocenters. The molecule has 2 aromatic carbocycles. The smallest absolute Gasteiger partial charge is 0.411 e. The van der Waals surface area contributed by atoms with Gasteiger partial charge in [-0.15, -0.1) is 12.6 Å². The molecule has 0 saturated heterocycles. The van der Waals surface area contributed by atoms with Crippen LogP contribution < -0.4 is 4.90 Å². The van der Waals surface area contributed by atoms with Crippen molar-refractivity contribution in [3.05, 3.63) is 59.7 Å². The van der Waals surface area contributed by atoms with Crippen LogP contribution in [0.2, 0.25) is 0 Å². The first kappa shape index (κ1) is 18.0. The van der Waals surface area contributed by atoms with Gasteiger partial charge in [-0.25, -0.2) is 9.79 Å². The van der Waals surface area contributed by atoms with Crippen LogP contribution in [0.15, 0.2) is 58.4 Å². The molecule has 3 rings (SSSR count). The van der Waals surface area contributed by atoms with Crippen molar-refractivity contribution in [2.75, 3.05) is 26.0 Å². The fourth-order valence-corrected chi connectivity index (χ4v) is 2.84. The molecule has 0 saturated carbocycles. The molecule has 1 heterocycles. The summed E-state index contributed by atoms with van der Waals surface area (Å²) in [5.41, 5.74) is 2.83. The molecule has 0 fully saturated rings. The lowest BCUT2D eigenvalue weighted by atomic mass is 10.0. The first-order chi connectivity index (χ1) is 12.4. The SMILES string of the molecule is CN(C)C(=O)OC1N=C(c2ccccc2)c2cc(S)ccc2N(C)C1=O. The van der Waals surface area contributed by atoms with Crippen LogP contribution in [-0.4, -0.2) is 50.0 Å². The molecule has 26 heavy (non-hydrogen) atoms. The molecule has 0 spiro atoms. The number of carbonyl (C=O) groups excluding carboxylic acids is 2. The molecule has 0 aromatic heterocycles. The number of carbonyl (C=O) groups is 2. The van der Waals surface area contributed by atoms with Crippen LogP contribution in [0.25, 0.3) is 0 Å². The number of nitrogens with zero attached hydrogens (tertiary/aromatic N) is 3. The van der Waals surface area contributed by atoms with Gasteiger partial charge in [0.25, 0.3) is 12.1 Å². The van der Waals surface area contributed by atoms with E-state index in [1.54, 1.807) is 27.2 Å². The molecule has 7 heteroatoms. The maximum absolute atomic E-state index is 12.8. The Labute approximate surface area is 157 Å². The highest BCUT2D eigenvalue weighted by Crippen LogP contribution is 2.30. The first-order valence-corrected chi connectivity index (χ1v) is 8.45. The van der Waals surface area contributed by atoms with Gasteiger partial charge in [0.15, 0.2) is 0 Å². The Kier molecular flexibility index (Phi) is 4.99. The van der Waals surface area contributed by atoms with E-state index in [1.165, 1.54) is 9.80 Å². The Hall–Kier alpha value is -2.80. The number of anilines is 1. The van der Waals surface area contributed by atoms with Crippen LogP contribution in [0.1, 0.15) is 11.1 Å². The zero-order valence-corrected chi connectivity index (χ0v) is 15.6. The summed E-state index contributed by atoms with van der Waals surface area (Å²) in [6.07, 6.45) is -1.89. The van der Waals surface area contributed by atoms with Gasteiger partial charge in [0.2, 0.25) is 0 Å². The van der Waals surface area contributed by atoms with Crippen molar-refractivity contribution in [2.24, 2.45) is 4.99 Å². The van der Waals surface area contributed by atoms with Gasteiger partial charge in [-0.3, -0.25) is 4.79 Å². The predicted molar refractivity (Wildman–Crippen MR) is 103 cm³/mol. The van der Waals surface area contributed by atoms with Crippen molar-refractivity contribution in [3.8, 4) is 0 Å². The molecule has 6 nitrogen and oxygen atoms in total. The van der Waals surface area contributed by atoms with Gasteiger partial charge in [-0.2, -0.15) is 0 Å². The normalized spacial score (nSPS) is 16.5. The lowest BCUT2D eigenvalue weighted by Crippen LogP contribution is -2.39. The summed E-state index contributed by atoms with van der Waals surface area (Å²) in [5.74, 6) is -0.417. The van der Waals surface area contributed by atoms with Gasteiger partial charge < -0.3 is 14.5 Å². The van der Waals surface area contributed by atoms with Crippen molar-refractivity contribution < 1.29 is 14.3 Å². The topological polar surface area (TPSA) is 62.2 Å². The number of benzodiazepines with no additional fused rings is 1. The van der Waals surface area contributed by atoms with Crippen LogP contribution in [0, 0.1) is 0 Å². The third-order valence-corrected chi connectivity index (χ3v) is 4.29. The summed E-state index contributed by atoms with van der Waals surface area (Å²) in [7, 11) is 4.74. The number of hydrogen-bond acceptors (Lipinski definition) is 5. The lowest BCUT2D eigenvalue weighted by molar-refractivity contribution is -0.126. The van der Waals surface area contributed by atoms with Crippen molar-refractivity contribution in [3.63, 3.8) is 0 Å². The maximum Gasteiger partial charge on any atom is 0.411 e. The number of rotatable bonds is 2. The van der Waals surface area contributed by atoms with Crippen LogP contribution >= 0.6 is 12.6 Å². The third kappa shape index (κ3) is 3.43. The Morgan fingerprint density at radius 2 is 1.88 bits per heavy atom. The second-order valence-electron chi connectivity index (χ2n) is 6.07. The molecule has 0 bridgehead atoms. The van der Waals surface area contributed by atoms with E-state index in [0.29, 0.717) is 11.4 Å². The Bertz CT molecular complexity index is 881. The Morgan fingerprint density at radius 3 is 2.54 bits per heavy atom. The molecular formula is C19H19N3O3S. The summed E-state index contributed by atoms with van der Waals surface area (Å²) in [4.78, 5) is 32.8. The number of thiol groups is 1. The average Bonchev–Trinajstić information content (AvgIpc) is 2.73. The number of aliphatic imine (C=N–C) groups is 1. The number of benzene rings is 2. The molecule has 1 atom stereocenters. The highest BCUT2D eigenvalue weighted by molar-refractivity contribution is 7.80. The van der Waals surface area contributed by atoms with Crippen molar-refractivity contribution >= 4 is 36.0 Å². The number of likely N-dealkylation sites (N-methyl/N-ethyl adjacent to an activating group) is 1. The van der Waals surface area contributed by atoms with E-state index in [9.17, 15) is 9.59 Å². The third-order valence-electron chi connectivity index (χ3n) is 4.01. The van der Waals surface area contributed by atoms with Crippen LogP contribution in [0.5, 0.6) is 0 Å². The van der Waals surface area contributed by atoms with Crippen LogP contribution in [-0.2, 0) is 9.53 Å². The highest BCUT2D eigenvalue weighted by Gasteiger charge is 2.33. The second-order valence-corrected chi connectivity index (χ2v) is 6.59. The predicted octanol–water partition coefficient (Wildman–Crippen LogP) is 2.81. The van der Waals surface area contributed by atoms with Gasteiger partial charge in [-0.1, -0.05) is 30.3 Å². The zero-order chi connectivity index (χ0) is 18.8. The van der Waals surface area contributed by atoms with E-state index in [4.69, 9.17) is 4.74 Å². The molecule has 1 aliphatic rings. The molecule has 134 valence electrons. The Balaban J connectivity index is 2.17. The van der Waals surface area contributed by atoms with E-state index in [2.05, 4.69) is 17.6 Å². The van der Waals surface area contributed by atoms with Crippen molar-refractivity contribution in [1.82, 2.24) is 4.90 Å². The molecule has 2 amide bonds. The van der Waals surface area contributed by atoms with Gasteiger partial charge in [-0.05, 0) is 18.2 Å². The van der Waals surface area contributed by atoms with E-state index < -0.39 is 18.2 Å². The quantitative estimate of drug-likeness (QED) is 0.828. The first-order valence-electron chi connectivity index (χ1n) is 8.00. The zero-order valence-electron chi connectivity index (χ0n) is 14.7. The number of amides is 2. The average molecular weight is 369 g/mol. The molecule has 1 aliphatic heterocycles. The molecule has 0 radical (unpaired) electrons. The van der Waals surface area contributed by atoms with Crippen molar-refractivity contribution in [1.29, 1.82) is 0 Å². The van der Waals surface area contributed by atoms with E-state index >= 15 is 0 Å². The minimum absolute atomic E-state index is 0.417. The maximum atomic E-state index is 12.8.